The molecule has 0 radical (unpaired) electrons. The van der Waals surface area contributed by atoms with Gasteiger partial charge in [0.1, 0.15) is 11.3 Å². The second kappa shape index (κ2) is 5.70. The Bertz CT molecular complexity index is 604. The lowest BCUT2D eigenvalue weighted by atomic mass is 10.3. The first-order valence-corrected chi connectivity index (χ1v) is 7.64. The highest BCUT2D eigenvalue weighted by Crippen LogP contribution is 2.29. The van der Waals surface area contributed by atoms with Gasteiger partial charge in [-0.3, -0.25) is 0 Å². The van der Waals surface area contributed by atoms with Crippen LogP contribution in [0.1, 0.15) is 36.5 Å². The van der Waals surface area contributed by atoms with Crippen LogP contribution in [0.15, 0.2) is 12.3 Å². The molecule has 1 aliphatic carbocycles. The Kier molecular flexibility index (Phi) is 3.94. The Morgan fingerprint density at radius 1 is 1.50 bits per heavy atom. The molecule has 0 aliphatic heterocycles. The molecule has 1 unspecified atom stereocenters. The van der Waals surface area contributed by atoms with Crippen molar-refractivity contribution >= 4 is 22.8 Å². The molecule has 2 aromatic heterocycles. The number of imidazole rings is 1. The normalized spacial score (nSPS) is 16.8. The molecule has 2 heterocycles. The molecule has 1 fully saturated rings. The molecule has 0 N–H and O–H groups in total. The highest BCUT2D eigenvalue weighted by molar-refractivity contribution is 6.20. The molecule has 5 heteroatoms. The van der Waals surface area contributed by atoms with Crippen molar-refractivity contribution in [3.63, 3.8) is 0 Å². The van der Waals surface area contributed by atoms with Crippen LogP contribution in [-0.2, 0) is 11.3 Å². The summed E-state index contributed by atoms with van der Waals surface area (Å²) in [6.07, 6.45) is 4.46. The fourth-order valence-corrected chi connectivity index (χ4v) is 2.54. The summed E-state index contributed by atoms with van der Waals surface area (Å²) in [4.78, 5) is 9.11. The summed E-state index contributed by atoms with van der Waals surface area (Å²) < 4.78 is 7.82. The Labute approximate surface area is 124 Å². The molecule has 2 aromatic rings. The molecule has 0 amide bonds. The Morgan fingerprint density at radius 2 is 2.30 bits per heavy atom. The van der Waals surface area contributed by atoms with E-state index in [0.717, 1.165) is 41.6 Å². The fraction of sp³-hybridized carbons (Fsp3) is 0.600. The number of hydrogen-bond donors (Lipinski definition) is 0. The van der Waals surface area contributed by atoms with Crippen LogP contribution < -0.4 is 0 Å². The van der Waals surface area contributed by atoms with Crippen LogP contribution in [0.25, 0.3) is 11.2 Å². The van der Waals surface area contributed by atoms with Crippen molar-refractivity contribution in [1.82, 2.24) is 14.5 Å². The standard InChI is InChI=1S/C15H20ClN3O/c1-10-5-6-17-15-13(10)18-14(11(2)16)19(15)7-8-20-9-12-3-4-12/h5-6,11-12H,3-4,7-9H2,1-2H3. The molecule has 1 saturated carbocycles. The summed E-state index contributed by atoms with van der Waals surface area (Å²) in [6, 6.07) is 1.98. The molecular formula is C15H20ClN3O. The second-order valence-corrected chi connectivity index (χ2v) is 6.21. The smallest absolute Gasteiger partial charge is 0.160 e. The number of nitrogens with zero attached hydrogens (tertiary/aromatic N) is 3. The first-order chi connectivity index (χ1) is 9.66. The van der Waals surface area contributed by atoms with E-state index < -0.39 is 0 Å². The van der Waals surface area contributed by atoms with Gasteiger partial charge in [0, 0.05) is 19.3 Å². The van der Waals surface area contributed by atoms with E-state index in [0.29, 0.717) is 6.61 Å². The van der Waals surface area contributed by atoms with Crippen molar-refractivity contribution in [2.75, 3.05) is 13.2 Å². The summed E-state index contributed by atoms with van der Waals surface area (Å²) in [5.74, 6) is 1.67. The molecule has 0 saturated heterocycles. The largest absolute Gasteiger partial charge is 0.379 e. The Balaban J connectivity index is 1.82. The van der Waals surface area contributed by atoms with Gasteiger partial charge in [-0.2, -0.15) is 0 Å². The number of aromatic nitrogens is 3. The van der Waals surface area contributed by atoms with Gasteiger partial charge in [-0.05, 0) is 44.2 Å². The maximum atomic E-state index is 6.25. The van der Waals surface area contributed by atoms with Gasteiger partial charge in [-0.1, -0.05) is 0 Å². The predicted molar refractivity (Wildman–Crippen MR) is 80.1 cm³/mol. The molecule has 4 nitrogen and oxygen atoms in total. The van der Waals surface area contributed by atoms with E-state index in [1.165, 1.54) is 12.8 Å². The number of aryl methyl sites for hydroxylation is 1. The molecule has 3 rings (SSSR count). The van der Waals surface area contributed by atoms with Gasteiger partial charge in [0.05, 0.1) is 12.0 Å². The van der Waals surface area contributed by atoms with Crippen molar-refractivity contribution in [3.05, 3.63) is 23.7 Å². The first kappa shape index (κ1) is 13.8. The zero-order chi connectivity index (χ0) is 14.1. The van der Waals surface area contributed by atoms with Crippen molar-refractivity contribution < 1.29 is 4.74 Å². The molecule has 0 spiro atoms. The quantitative estimate of drug-likeness (QED) is 0.605. The number of hydrogen-bond acceptors (Lipinski definition) is 3. The third-order valence-corrected chi connectivity index (χ3v) is 3.93. The van der Waals surface area contributed by atoms with Crippen molar-refractivity contribution in [2.24, 2.45) is 5.92 Å². The number of pyridine rings is 1. The lowest BCUT2D eigenvalue weighted by molar-refractivity contribution is 0.117. The highest BCUT2D eigenvalue weighted by Gasteiger charge is 2.21. The lowest BCUT2D eigenvalue weighted by Crippen LogP contribution is -2.11. The van der Waals surface area contributed by atoms with Gasteiger partial charge in [0.2, 0.25) is 0 Å². The van der Waals surface area contributed by atoms with E-state index in [-0.39, 0.29) is 5.38 Å². The maximum Gasteiger partial charge on any atom is 0.160 e. The van der Waals surface area contributed by atoms with Crippen LogP contribution >= 0.6 is 11.6 Å². The minimum absolute atomic E-state index is 0.132. The van der Waals surface area contributed by atoms with Crippen molar-refractivity contribution in [2.45, 2.75) is 38.6 Å². The summed E-state index contributed by atoms with van der Waals surface area (Å²) in [5, 5.41) is -0.132. The van der Waals surface area contributed by atoms with E-state index in [2.05, 4.69) is 14.5 Å². The van der Waals surface area contributed by atoms with Crippen LogP contribution in [0.3, 0.4) is 0 Å². The van der Waals surface area contributed by atoms with Crippen molar-refractivity contribution in [1.29, 1.82) is 0 Å². The van der Waals surface area contributed by atoms with Crippen LogP contribution in [-0.4, -0.2) is 27.7 Å². The third kappa shape index (κ3) is 2.81. The minimum Gasteiger partial charge on any atom is -0.379 e. The summed E-state index contributed by atoms with van der Waals surface area (Å²) in [6.45, 7) is 6.32. The third-order valence-electron chi connectivity index (χ3n) is 3.73. The zero-order valence-corrected chi connectivity index (χ0v) is 12.7. The lowest BCUT2D eigenvalue weighted by Gasteiger charge is -2.10. The highest BCUT2D eigenvalue weighted by atomic mass is 35.5. The van der Waals surface area contributed by atoms with Gasteiger partial charge < -0.3 is 9.30 Å². The first-order valence-electron chi connectivity index (χ1n) is 7.20. The van der Waals surface area contributed by atoms with E-state index in [4.69, 9.17) is 16.3 Å². The number of alkyl halides is 1. The van der Waals surface area contributed by atoms with Crippen LogP contribution in [0.4, 0.5) is 0 Å². The van der Waals surface area contributed by atoms with E-state index >= 15 is 0 Å². The van der Waals surface area contributed by atoms with Crippen LogP contribution in [0, 0.1) is 12.8 Å². The number of rotatable bonds is 6. The molecule has 1 aliphatic rings. The van der Waals surface area contributed by atoms with Crippen LogP contribution in [0.5, 0.6) is 0 Å². The molecule has 0 aromatic carbocycles. The summed E-state index contributed by atoms with van der Waals surface area (Å²) in [5.41, 5.74) is 2.98. The second-order valence-electron chi connectivity index (χ2n) is 5.56. The number of ether oxygens (including phenoxy) is 1. The number of fused-ring (bicyclic) bond motifs is 1. The van der Waals surface area contributed by atoms with Gasteiger partial charge in [-0.25, -0.2) is 9.97 Å². The summed E-state index contributed by atoms with van der Waals surface area (Å²) >= 11 is 6.25. The maximum absolute atomic E-state index is 6.25. The molecule has 20 heavy (non-hydrogen) atoms. The van der Waals surface area contributed by atoms with Gasteiger partial charge in [0.15, 0.2) is 5.65 Å². The van der Waals surface area contributed by atoms with Gasteiger partial charge in [0.25, 0.3) is 0 Å². The number of halogens is 1. The average molecular weight is 294 g/mol. The summed E-state index contributed by atoms with van der Waals surface area (Å²) in [7, 11) is 0. The van der Waals surface area contributed by atoms with E-state index in [9.17, 15) is 0 Å². The van der Waals surface area contributed by atoms with Crippen LogP contribution in [0.2, 0.25) is 0 Å². The van der Waals surface area contributed by atoms with Gasteiger partial charge in [-0.15, -0.1) is 11.6 Å². The Morgan fingerprint density at radius 3 is 3.00 bits per heavy atom. The Hall–Kier alpha value is -1.13. The molecular weight excluding hydrogens is 274 g/mol. The molecule has 108 valence electrons. The topological polar surface area (TPSA) is 39.9 Å². The molecule has 1 atom stereocenters. The fourth-order valence-electron chi connectivity index (χ4n) is 2.37. The zero-order valence-electron chi connectivity index (χ0n) is 12.0. The van der Waals surface area contributed by atoms with Gasteiger partial charge >= 0.3 is 0 Å². The average Bonchev–Trinajstić information content (AvgIpc) is 3.15. The monoisotopic (exact) mass is 293 g/mol. The van der Waals surface area contributed by atoms with E-state index in [1.807, 2.05) is 26.1 Å². The van der Waals surface area contributed by atoms with E-state index in [1.54, 1.807) is 0 Å². The molecule has 0 bridgehead atoms. The predicted octanol–water partition coefficient (Wildman–Crippen LogP) is 3.47. The van der Waals surface area contributed by atoms with Crippen molar-refractivity contribution in [3.8, 4) is 0 Å². The SMILES string of the molecule is Cc1ccnc2c1nc(C(C)Cl)n2CCOCC1CC1. The minimum atomic E-state index is -0.132.